The molecule has 0 saturated heterocycles. The third-order valence-corrected chi connectivity index (χ3v) is 4.10. The van der Waals surface area contributed by atoms with Crippen molar-refractivity contribution >= 4 is 22.9 Å². The Morgan fingerprint density at radius 3 is 3.00 bits per heavy atom. The van der Waals surface area contributed by atoms with Gasteiger partial charge in [-0.2, -0.15) is 11.3 Å². The summed E-state index contributed by atoms with van der Waals surface area (Å²) in [5.41, 5.74) is 8.48. The summed E-state index contributed by atoms with van der Waals surface area (Å²) in [6, 6.07) is 6.50. The van der Waals surface area contributed by atoms with Crippen LogP contribution >= 0.6 is 11.3 Å². The molecule has 0 unspecified atom stereocenters. The van der Waals surface area contributed by atoms with Crippen LogP contribution in [0.25, 0.3) is 0 Å². The van der Waals surface area contributed by atoms with E-state index in [1.807, 2.05) is 12.1 Å². The van der Waals surface area contributed by atoms with E-state index in [4.69, 9.17) is 10.9 Å². The van der Waals surface area contributed by atoms with Crippen molar-refractivity contribution in [1.29, 1.82) is 0 Å². The maximum absolute atomic E-state index is 8.91. The number of nitrogens with two attached hydrogens (primary N) is 1. The summed E-state index contributed by atoms with van der Waals surface area (Å²) in [5.74, 6) is 0.0524. The first-order valence-corrected chi connectivity index (χ1v) is 7.44. The highest BCUT2D eigenvalue weighted by molar-refractivity contribution is 7.07. The topological polar surface area (TPSA) is 74.7 Å². The second kappa shape index (κ2) is 5.50. The predicted molar refractivity (Wildman–Crippen MR) is 80.3 cm³/mol. The molecule has 20 heavy (non-hydrogen) atoms. The van der Waals surface area contributed by atoms with Crippen LogP contribution in [-0.4, -0.2) is 22.1 Å². The summed E-state index contributed by atoms with van der Waals surface area (Å²) in [4.78, 5) is 6.55. The summed E-state index contributed by atoms with van der Waals surface area (Å²) >= 11 is 1.69. The molecule has 1 fully saturated rings. The quantitative estimate of drug-likeness (QED) is 0.383. The van der Waals surface area contributed by atoms with Gasteiger partial charge in [-0.3, -0.25) is 4.98 Å². The molecule has 2 heterocycles. The van der Waals surface area contributed by atoms with E-state index in [-0.39, 0.29) is 5.84 Å². The molecule has 0 aromatic carbocycles. The number of rotatable bonds is 5. The van der Waals surface area contributed by atoms with Gasteiger partial charge in [0.2, 0.25) is 0 Å². The second-order valence-corrected chi connectivity index (χ2v) is 5.63. The van der Waals surface area contributed by atoms with Crippen LogP contribution in [0.5, 0.6) is 0 Å². The van der Waals surface area contributed by atoms with Crippen molar-refractivity contribution in [3.05, 3.63) is 46.4 Å². The molecule has 2 aromatic rings. The largest absolute Gasteiger partial charge is 0.409 e. The minimum atomic E-state index is 0.0524. The summed E-state index contributed by atoms with van der Waals surface area (Å²) in [6.45, 7) is 0.825. The first-order chi connectivity index (χ1) is 9.79. The van der Waals surface area contributed by atoms with Gasteiger partial charge < -0.3 is 15.8 Å². The van der Waals surface area contributed by atoms with Gasteiger partial charge in [0.15, 0.2) is 5.84 Å². The van der Waals surface area contributed by atoms with E-state index < -0.39 is 0 Å². The van der Waals surface area contributed by atoms with E-state index >= 15 is 0 Å². The van der Waals surface area contributed by atoms with Gasteiger partial charge in [0, 0.05) is 18.8 Å². The lowest BCUT2D eigenvalue weighted by molar-refractivity contribution is 0.318. The maximum atomic E-state index is 8.91. The SMILES string of the molecule is N/C(=N/O)c1ncccc1N(Cc1ccsc1)C1CC1. The lowest BCUT2D eigenvalue weighted by Gasteiger charge is -2.25. The van der Waals surface area contributed by atoms with Gasteiger partial charge in [-0.1, -0.05) is 5.16 Å². The van der Waals surface area contributed by atoms with Gasteiger partial charge in [-0.05, 0) is 47.4 Å². The minimum Gasteiger partial charge on any atom is -0.409 e. The number of amidine groups is 1. The number of nitrogens with zero attached hydrogens (tertiary/aromatic N) is 3. The Morgan fingerprint density at radius 2 is 2.35 bits per heavy atom. The Bertz CT molecular complexity index is 607. The highest BCUT2D eigenvalue weighted by Gasteiger charge is 2.31. The van der Waals surface area contributed by atoms with Crippen LogP contribution in [0.15, 0.2) is 40.3 Å². The number of pyridine rings is 1. The molecule has 0 aliphatic heterocycles. The lowest BCUT2D eigenvalue weighted by Crippen LogP contribution is -2.28. The van der Waals surface area contributed by atoms with Crippen LogP contribution in [0.2, 0.25) is 0 Å². The zero-order valence-corrected chi connectivity index (χ0v) is 11.8. The van der Waals surface area contributed by atoms with Gasteiger partial charge in [-0.15, -0.1) is 0 Å². The third-order valence-electron chi connectivity index (χ3n) is 3.37. The van der Waals surface area contributed by atoms with Crippen LogP contribution in [0.4, 0.5) is 5.69 Å². The van der Waals surface area contributed by atoms with Crippen LogP contribution in [-0.2, 0) is 6.54 Å². The molecule has 3 rings (SSSR count). The van der Waals surface area contributed by atoms with Crippen molar-refractivity contribution in [1.82, 2.24) is 4.98 Å². The monoisotopic (exact) mass is 288 g/mol. The first-order valence-electron chi connectivity index (χ1n) is 6.50. The minimum absolute atomic E-state index is 0.0524. The normalized spacial score (nSPS) is 15.3. The third kappa shape index (κ3) is 2.60. The Balaban J connectivity index is 1.95. The van der Waals surface area contributed by atoms with Gasteiger partial charge in [0.1, 0.15) is 5.69 Å². The molecule has 1 aliphatic carbocycles. The number of anilines is 1. The van der Waals surface area contributed by atoms with Gasteiger partial charge in [-0.25, -0.2) is 0 Å². The van der Waals surface area contributed by atoms with Crippen molar-refractivity contribution in [2.75, 3.05) is 4.90 Å². The molecule has 3 N–H and O–H groups in total. The number of hydrogen-bond acceptors (Lipinski definition) is 5. The van der Waals surface area contributed by atoms with E-state index in [0.717, 1.165) is 12.2 Å². The van der Waals surface area contributed by atoms with Crippen LogP contribution in [0.3, 0.4) is 0 Å². The summed E-state index contributed by atoms with van der Waals surface area (Å²) in [5, 5.41) is 16.2. The first kappa shape index (κ1) is 12.9. The highest BCUT2D eigenvalue weighted by atomic mass is 32.1. The number of hydrogen-bond donors (Lipinski definition) is 2. The standard InChI is InChI=1S/C14H16N4OS/c15-14(17-19)13-12(2-1-6-16-13)18(11-3-4-11)8-10-5-7-20-9-10/h1-2,5-7,9,11,19H,3-4,8H2,(H2,15,17). The van der Waals surface area contributed by atoms with E-state index in [1.165, 1.54) is 18.4 Å². The summed E-state index contributed by atoms with van der Waals surface area (Å²) < 4.78 is 0. The molecule has 1 saturated carbocycles. The van der Waals surface area contributed by atoms with Crippen molar-refractivity contribution < 1.29 is 5.21 Å². The summed E-state index contributed by atoms with van der Waals surface area (Å²) in [7, 11) is 0. The number of aromatic nitrogens is 1. The molecular formula is C14H16N4OS. The van der Waals surface area contributed by atoms with Crippen LogP contribution in [0, 0.1) is 0 Å². The molecule has 5 nitrogen and oxygen atoms in total. The Morgan fingerprint density at radius 1 is 1.50 bits per heavy atom. The fourth-order valence-electron chi connectivity index (χ4n) is 2.25. The maximum Gasteiger partial charge on any atom is 0.190 e. The van der Waals surface area contributed by atoms with Crippen molar-refractivity contribution in [3.63, 3.8) is 0 Å². The molecule has 2 aromatic heterocycles. The molecule has 0 spiro atoms. The molecule has 104 valence electrons. The fraction of sp³-hybridized carbons (Fsp3) is 0.286. The fourth-order valence-corrected chi connectivity index (χ4v) is 2.91. The van der Waals surface area contributed by atoms with Crippen LogP contribution < -0.4 is 10.6 Å². The lowest BCUT2D eigenvalue weighted by atomic mass is 10.2. The second-order valence-electron chi connectivity index (χ2n) is 4.85. The summed E-state index contributed by atoms with van der Waals surface area (Å²) in [6.07, 6.45) is 4.01. The molecule has 0 bridgehead atoms. The molecule has 6 heteroatoms. The average molecular weight is 288 g/mol. The molecule has 0 amide bonds. The molecule has 0 atom stereocenters. The Labute approximate surface area is 121 Å². The number of oxime groups is 1. The van der Waals surface area contributed by atoms with E-state index in [1.54, 1.807) is 17.5 Å². The zero-order chi connectivity index (χ0) is 13.9. The highest BCUT2D eigenvalue weighted by Crippen LogP contribution is 2.34. The van der Waals surface area contributed by atoms with E-state index in [9.17, 15) is 0 Å². The predicted octanol–water partition coefficient (Wildman–Crippen LogP) is 2.41. The van der Waals surface area contributed by atoms with Gasteiger partial charge >= 0.3 is 0 Å². The van der Waals surface area contributed by atoms with E-state index in [0.29, 0.717) is 11.7 Å². The molecule has 1 aliphatic rings. The van der Waals surface area contributed by atoms with Crippen LogP contribution in [0.1, 0.15) is 24.1 Å². The van der Waals surface area contributed by atoms with Crippen molar-refractivity contribution in [2.24, 2.45) is 10.9 Å². The number of thiophene rings is 1. The Hall–Kier alpha value is -2.08. The zero-order valence-electron chi connectivity index (χ0n) is 10.9. The van der Waals surface area contributed by atoms with Crippen molar-refractivity contribution in [3.8, 4) is 0 Å². The smallest absolute Gasteiger partial charge is 0.190 e. The average Bonchev–Trinajstić information content (AvgIpc) is 3.20. The molecule has 0 radical (unpaired) electrons. The molecular weight excluding hydrogens is 272 g/mol. The van der Waals surface area contributed by atoms with E-state index in [2.05, 4.69) is 31.9 Å². The van der Waals surface area contributed by atoms with Gasteiger partial charge in [0.05, 0.1) is 5.69 Å². The van der Waals surface area contributed by atoms with Crippen molar-refractivity contribution in [2.45, 2.75) is 25.4 Å². The van der Waals surface area contributed by atoms with Gasteiger partial charge in [0.25, 0.3) is 0 Å². The Kier molecular flexibility index (Phi) is 3.56.